The summed E-state index contributed by atoms with van der Waals surface area (Å²) in [6.45, 7) is 4.13. The number of aliphatic carboxylic acids is 1. The molecule has 2 aliphatic rings. The molecule has 0 amide bonds. The summed E-state index contributed by atoms with van der Waals surface area (Å²) >= 11 is 1.61. The molecular weight excluding hydrogens is 266 g/mol. The van der Waals surface area contributed by atoms with Gasteiger partial charge in [-0.15, -0.1) is 11.8 Å². The maximum Gasteiger partial charge on any atom is 0.322 e. The molecule has 0 aliphatic carbocycles. The van der Waals surface area contributed by atoms with E-state index in [-0.39, 0.29) is 16.9 Å². The van der Waals surface area contributed by atoms with Crippen LogP contribution in [0, 0.1) is 0 Å². The van der Waals surface area contributed by atoms with Crippen molar-refractivity contribution in [1.82, 2.24) is 5.32 Å². The number of benzene rings is 1. The Labute approximate surface area is 115 Å². The first kappa shape index (κ1) is 12.6. The van der Waals surface area contributed by atoms with Gasteiger partial charge < -0.3 is 14.6 Å². The number of carboxylic acid groups (broad SMARTS) is 1. The average molecular weight is 281 g/mol. The lowest BCUT2D eigenvalue weighted by molar-refractivity contribution is -0.139. The van der Waals surface area contributed by atoms with Crippen molar-refractivity contribution >= 4 is 17.7 Å². The second-order valence-electron chi connectivity index (χ2n) is 5.15. The lowest BCUT2D eigenvalue weighted by atomic mass is 10.0. The van der Waals surface area contributed by atoms with E-state index in [4.69, 9.17) is 9.47 Å². The minimum absolute atomic E-state index is 0.0504. The molecule has 2 atom stereocenters. The highest BCUT2D eigenvalue weighted by Crippen LogP contribution is 2.47. The van der Waals surface area contributed by atoms with Crippen molar-refractivity contribution in [2.45, 2.75) is 30.0 Å². The predicted octanol–water partition coefficient (Wildman–Crippen LogP) is 1.98. The normalized spacial score (nSPS) is 27.5. The van der Waals surface area contributed by atoms with Crippen LogP contribution in [-0.4, -0.2) is 28.7 Å². The number of fused-ring (bicyclic) bond motifs is 1. The Hall–Kier alpha value is -1.40. The Kier molecular flexibility index (Phi) is 2.87. The van der Waals surface area contributed by atoms with Gasteiger partial charge in [-0.25, -0.2) is 0 Å². The van der Waals surface area contributed by atoms with Crippen LogP contribution < -0.4 is 14.8 Å². The van der Waals surface area contributed by atoms with E-state index in [1.807, 2.05) is 32.0 Å². The monoisotopic (exact) mass is 281 g/mol. The van der Waals surface area contributed by atoms with Gasteiger partial charge in [-0.2, -0.15) is 0 Å². The molecular formula is C13H15NO4S. The average Bonchev–Trinajstić information content (AvgIpc) is 2.91. The van der Waals surface area contributed by atoms with Gasteiger partial charge in [-0.05, 0) is 31.5 Å². The van der Waals surface area contributed by atoms with Crippen LogP contribution in [0.2, 0.25) is 0 Å². The zero-order valence-corrected chi connectivity index (χ0v) is 11.5. The largest absolute Gasteiger partial charge is 0.480 e. The number of hydrogen-bond acceptors (Lipinski definition) is 5. The third-order valence-electron chi connectivity index (χ3n) is 3.38. The lowest BCUT2D eigenvalue weighted by Crippen LogP contribution is -2.43. The van der Waals surface area contributed by atoms with Crippen molar-refractivity contribution in [3.05, 3.63) is 23.8 Å². The summed E-state index contributed by atoms with van der Waals surface area (Å²) in [6, 6.07) is 5.15. The molecule has 1 aromatic rings. The lowest BCUT2D eigenvalue weighted by Gasteiger charge is -2.20. The SMILES string of the molecule is CC1(C)SC(c2ccc3c(c2)OCO3)NC1C(=O)O. The highest BCUT2D eigenvalue weighted by atomic mass is 32.2. The molecule has 2 N–H and O–H groups in total. The number of ether oxygens (including phenoxy) is 2. The third-order valence-corrected chi connectivity index (χ3v) is 4.87. The summed E-state index contributed by atoms with van der Waals surface area (Å²) in [6.07, 6.45) is 0. The van der Waals surface area contributed by atoms with E-state index < -0.39 is 12.0 Å². The zero-order chi connectivity index (χ0) is 13.6. The summed E-state index contributed by atoms with van der Waals surface area (Å²) in [5.74, 6) is 0.637. The minimum Gasteiger partial charge on any atom is -0.480 e. The molecule has 2 unspecified atom stereocenters. The second-order valence-corrected chi connectivity index (χ2v) is 6.91. The molecule has 19 heavy (non-hydrogen) atoms. The second kappa shape index (κ2) is 4.31. The fraction of sp³-hybridized carbons (Fsp3) is 0.462. The fourth-order valence-electron chi connectivity index (χ4n) is 2.37. The van der Waals surface area contributed by atoms with Crippen molar-refractivity contribution in [2.24, 2.45) is 0 Å². The minimum atomic E-state index is -0.819. The molecule has 2 aliphatic heterocycles. The summed E-state index contributed by atoms with van der Waals surface area (Å²) in [5.41, 5.74) is 1.01. The van der Waals surface area contributed by atoms with Crippen molar-refractivity contribution < 1.29 is 19.4 Å². The molecule has 0 bridgehead atoms. The van der Waals surface area contributed by atoms with Crippen LogP contribution in [0.25, 0.3) is 0 Å². The summed E-state index contributed by atoms with van der Waals surface area (Å²) < 4.78 is 10.3. The van der Waals surface area contributed by atoms with Crippen LogP contribution in [0.5, 0.6) is 11.5 Å². The topological polar surface area (TPSA) is 67.8 Å². The number of nitrogens with one attached hydrogen (secondary N) is 1. The van der Waals surface area contributed by atoms with E-state index in [9.17, 15) is 9.90 Å². The van der Waals surface area contributed by atoms with Gasteiger partial charge in [0.25, 0.3) is 0 Å². The maximum absolute atomic E-state index is 11.3. The standard InChI is InChI=1S/C13H15NO4S/c1-13(2)10(12(15)16)14-11(19-13)7-3-4-8-9(5-7)18-6-17-8/h3-5,10-11,14H,6H2,1-2H3,(H,15,16). The van der Waals surface area contributed by atoms with Crippen molar-refractivity contribution in [3.63, 3.8) is 0 Å². The quantitative estimate of drug-likeness (QED) is 0.864. The molecule has 1 saturated heterocycles. The molecule has 2 heterocycles. The molecule has 0 radical (unpaired) electrons. The molecule has 102 valence electrons. The molecule has 0 aromatic heterocycles. The smallest absolute Gasteiger partial charge is 0.322 e. The molecule has 6 heteroatoms. The highest BCUT2D eigenvalue weighted by Gasteiger charge is 2.45. The van der Waals surface area contributed by atoms with Gasteiger partial charge in [0.05, 0.1) is 5.37 Å². The van der Waals surface area contributed by atoms with Crippen molar-refractivity contribution in [3.8, 4) is 11.5 Å². The van der Waals surface area contributed by atoms with Gasteiger partial charge in [-0.3, -0.25) is 10.1 Å². The number of rotatable bonds is 2. The number of hydrogen-bond donors (Lipinski definition) is 2. The first-order chi connectivity index (χ1) is 8.97. The molecule has 3 rings (SSSR count). The Morgan fingerprint density at radius 1 is 1.42 bits per heavy atom. The van der Waals surface area contributed by atoms with Crippen LogP contribution in [0.4, 0.5) is 0 Å². The molecule has 0 saturated carbocycles. The Balaban J connectivity index is 1.86. The van der Waals surface area contributed by atoms with Gasteiger partial charge in [-0.1, -0.05) is 6.07 Å². The molecule has 1 fully saturated rings. The Morgan fingerprint density at radius 2 is 2.16 bits per heavy atom. The Morgan fingerprint density at radius 3 is 2.84 bits per heavy atom. The van der Waals surface area contributed by atoms with E-state index in [1.54, 1.807) is 11.8 Å². The van der Waals surface area contributed by atoms with Crippen LogP contribution >= 0.6 is 11.8 Å². The zero-order valence-electron chi connectivity index (χ0n) is 10.7. The number of thioether (sulfide) groups is 1. The molecule has 1 aromatic carbocycles. The first-order valence-electron chi connectivity index (χ1n) is 6.03. The van der Waals surface area contributed by atoms with Crippen LogP contribution in [0.1, 0.15) is 24.8 Å². The molecule has 0 spiro atoms. The Bertz CT molecular complexity index is 531. The first-order valence-corrected chi connectivity index (χ1v) is 6.91. The van der Waals surface area contributed by atoms with E-state index >= 15 is 0 Å². The van der Waals surface area contributed by atoms with Crippen molar-refractivity contribution in [1.29, 1.82) is 0 Å². The summed E-state index contributed by atoms with van der Waals surface area (Å²) in [7, 11) is 0. The van der Waals surface area contributed by atoms with E-state index in [0.717, 1.165) is 17.1 Å². The van der Waals surface area contributed by atoms with Gasteiger partial charge in [0, 0.05) is 4.75 Å². The fourth-order valence-corrected chi connectivity index (χ4v) is 3.77. The maximum atomic E-state index is 11.3. The predicted molar refractivity (Wildman–Crippen MR) is 71.5 cm³/mol. The third kappa shape index (κ3) is 2.15. The van der Waals surface area contributed by atoms with Gasteiger partial charge in [0.15, 0.2) is 11.5 Å². The number of carboxylic acids is 1. The van der Waals surface area contributed by atoms with Gasteiger partial charge >= 0.3 is 5.97 Å². The van der Waals surface area contributed by atoms with E-state index in [2.05, 4.69) is 5.32 Å². The van der Waals surface area contributed by atoms with Crippen molar-refractivity contribution in [2.75, 3.05) is 6.79 Å². The van der Waals surface area contributed by atoms with E-state index in [0.29, 0.717) is 0 Å². The summed E-state index contributed by atoms with van der Waals surface area (Å²) in [4.78, 5) is 11.3. The van der Waals surface area contributed by atoms with Crippen LogP contribution in [0.15, 0.2) is 18.2 Å². The number of carbonyl (C=O) groups is 1. The van der Waals surface area contributed by atoms with Crippen LogP contribution in [-0.2, 0) is 4.79 Å². The highest BCUT2D eigenvalue weighted by molar-refractivity contribution is 8.01. The van der Waals surface area contributed by atoms with Gasteiger partial charge in [0.2, 0.25) is 6.79 Å². The molecule has 5 nitrogen and oxygen atoms in total. The summed E-state index contributed by atoms with van der Waals surface area (Å²) in [5, 5.41) is 12.4. The van der Waals surface area contributed by atoms with Gasteiger partial charge in [0.1, 0.15) is 6.04 Å². The van der Waals surface area contributed by atoms with E-state index in [1.165, 1.54) is 0 Å². The van der Waals surface area contributed by atoms with Crippen LogP contribution in [0.3, 0.4) is 0 Å².